The van der Waals surface area contributed by atoms with Crippen molar-refractivity contribution in [2.24, 2.45) is 0 Å². The van der Waals surface area contributed by atoms with Crippen molar-refractivity contribution >= 4 is 34.7 Å². The Morgan fingerprint density at radius 1 is 1.47 bits per heavy atom. The van der Waals surface area contributed by atoms with E-state index in [1.165, 1.54) is 17.4 Å². The Morgan fingerprint density at radius 3 is 2.95 bits per heavy atom. The first-order valence-electron chi connectivity index (χ1n) is 5.82. The van der Waals surface area contributed by atoms with Crippen molar-refractivity contribution in [3.05, 3.63) is 50.9 Å². The van der Waals surface area contributed by atoms with Crippen molar-refractivity contribution < 1.29 is 9.90 Å². The molecule has 0 aliphatic heterocycles. The number of thiophene rings is 2. The second kappa shape index (κ2) is 6.14. The minimum absolute atomic E-state index is 0.195. The maximum absolute atomic E-state index is 11.7. The lowest BCUT2D eigenvalue weighted by Crippen LogP contribution is -2.37. The van der Waals surface area contributed by atoms with Gasteiger partial charge < -0.3 is 10.4 Å². The van der Waals surface area contributed by atoms with Gasteiger partial charge in [-0.1, -0.05) is 6.07 Å². The summed E-state index contributed by atoms with van der Waals surface area (Å²) in [5, 5.41) is 18.8. The Labute approximate surface area is 120 Å². The van der Waals surface area contributed by atoms with Gasteiger partial charge in [-0.3, -0.25) is 4.79 Å². The summed E-state index contributed by atoms with van der Waals surface area (Å²) in [4.78, 5) is 12.5. The number of nitrogens with one attached hydrogen (secondary N) is 1. The van der Waals surface area contributed by atoms with Gasteiger partial charge in [0.25, 0.3) is 0 Å². The third kappa shape index (κ3) is 4.02. The van der Waals surface area contributed by atoms with Crippen molar-refractivity contribution in [3.63, 3.8) is 0 Å². The molecule has 0 fully saturated rings. The van der Waals surface area contributed by atoms with E-state index in [1.807, 2.05) is 34.3 Å². The Bertz CT molecular complexity index is 542. The molecular weight excluding hydrogens is 278 g/mol. The lowest BCUT2D eigenvalue weighted by atomic mass is 10.1. The number of aliphatic hydroxyl groups is 1. The molecule has 0 aliphatic rings. The van der Waals surface area contributed by atoms with Gasteiger partial charge in [0.2, 0.25) is 5.91 Å². The molecule has 1 amide bonds. The lowest BCUT2D eigenvalue weighted by molar-refractivity contribution is -0.117. The van der Waals surface area contributed by atoms with E-state index in [2.05, 4.69) is 5.32 Å². The predicted molar refractivity (Wildman–Crippen MR) is 80.3 cm³/mol. The summed E-state index contributed by atoms with van der Waals surface area (Å²) in [5.41, 5.74) is -0.0229. The first-order chi connectivity index (χ1) is 9.08. The summed E-state index contributed by atoms with van der Waals surface area (Å²) in [5.74, 6) is -0.206. The maximum atomic E-state index is 11.7. The fraction of sp³-hybridized carbons (Fsp3) is 0.214. The molecule has 0 aromatic carbocycles. The molecule has 3 nitrogen and oxygen atoms in total. The van der Waals surface area contributed by atoms with E-state index in [4.69, 9.17) is 0 Å². The van der Waals surface area contributed by atoms with Gasteiger partial charge in [0.1, 0.15) is 5.60 Å². The summed E-state index contributed by atoms with van der Waals surface area (Å²) in [6.07, 6.45) is 3.23. The summed E-state index contributed by atoms with van der Waals surface area (Å²) >= 11 is 3.06. The van der Waals surface area contributed by atoms with Crippen LogP contribution in [-0.4, -0.2) is 17.6 Å². The quantitative estimate of drug-likeness (QED) is 0.833. The third-order valence-corrected chi connectivity index (χ3v) is 4.45. The Kier molecular flexibility index (Phi) is 4.52. The number of hydrogen-bond donors (Lipinski definition) is 2. The fourth-order valence-electron chi connectivity index (χ4n) is 1.53. The molecule has 0 aliphatic carbocycles. The van der Waals surface area contributed by atoms with Crippen LogP contribution in [0.3, 0.4) is 0 Å². The number of amides is 1. The van der Waals surface area contributed by atoms with Crippen molar-refractivity contribution in [3.8, 4) is 0 Å². The molecule has 0 bridgehead atoms. The zero-order chi connectivity index (χ0) is 13.7. The first-order valence-corrected chi connectivity index (χ1v) is 7.65. The summed E-state index contributed by atoms with van der Waals surface area (Å²) in [6, 6.07) is 5.68. The maximum Gasteiger partial charge on any atom is 0.244 e. The highest BCUT2D eigenvalue weighted by atomic mass is 32.1. The molecular formula is C14H15NO2S2. The molecule has 1 atom stereocenters. The molecule has 0 saturated carbocycles. The highest BCUT2D eigenvalue weighted by Crippen LogP contribution is 2.24. The number of carbonyl (C=O) groups excluding carboxylic acids is 1. The largest absolute Gasteiger partial charge is 0.383 e. The topological polar surface area (TPSA) is 49.3 Å². The van der Waals surface area contributed by atoms with Crippen LogP contribution in [0.4, 0.5) is 0 Å². The van der Waals surface area contributed by atoms with Crippen LogP contribution in [0, 0.1) is 0 Å². The van der Waals surface area contributed by atoms with Crippen LogP contribution in [0.25, 0.3) is 6.08 Å². The van der Waals surface area contributed by atoms with Gasteiger partial charge in [-0.25, -0.2) is 0 Å². The van der Waals surface area contributed by atoms with Crippen LogP contribution in [-0.2, 0) is 10.4 Å². The highest BCUT2D eigenvalue weighted by Gasteiger charge is 2.24. The smallest absolute Gasteiger partial charge is 0.244 e. The average Bonchev–Trinajstić information content (AvgIpc) is 3.06. The van der Waals surface area contributed by atoms with Crippen molar-refractivity contribution in [2.75, 3.05) is 6.54 Å². The van der Waals surface area contributed by atoms with Crippen molar-refractivity contribution in [2.45, 2.75) is 12.5 Å². The Morgan fingerprint density at radius 2 is 2.32 bits per heavy atom. The predicted octanol–water partition coefficient (Wildman–Crippen LogP) is 2.85. The van der Waals surface area contributed by atoms with E-state index in [1.54, 1.807) is 24.3 Å². The highest BCUT2D eigenvalue weighted by molar-refractivity contribution is 7.10. The average molecular weight is 293 g/mol. The lowest BCUT2D eigenvalue weighted by Gasteiger charge is -2.21. The molecule has 2 N–H and O–H groups in total. The molecule has 0 unspecified atom stereocenters. The monoisotopic (exact) mass is 293 g/mol. The van der Waals surface area contributed by atoms with Crippen LogP contribution in [0.5, 0.6) is 0 Å². The van der Waals surface area contributed by atoms with Crippen LogP contribution in [0.2, 0.25) is 0 Å². The van der Waals surface area contributed by atoms with Gasteiger partial charge in [-0.05, 0) is 46.8 Å². The molecule has 2 aromatic rings. The van der Waals surface area contributed by atoms with Gasteiger partial charge in [0.15, 0.2) is 0 Å². The third-order valence-electron chi connectivity index (χ3n) is 2.63. The van der Waals surface area contributed by atoms with E-state index in [0.29, 0.717) is 0 Å². The molecule has 0 spiro atoms. The van der Waals surface area contributed by atoms with Gasteiger partial charge in [-0.2, -0.15) is 11.3 Å². The molecule has 2 rings (SSSR count). The summed E-state index contributed by atoms with van der Waals surface area (Å²) in [7, 11) is 0. The number of rotatable bonds is 5. The van der Waals surface area contributed by atoms with E-state index in [9.17, 15) is 9.90 Å². The molecule has 2 heterocycles. The van der Waals surface area contributed by atoms with E-state index in [-0.39, 0.29) is 12.5 Å². The van der Waals surface area contributed by atoms with E-state index >= 15 is 0 Å². The van der Waals surface area contributed by atoms with Gasteiger partial charge in [0.05, 0.1) is 6.54 Å². The van der Waals surface area contributed by atoms with Crippen molar-refractivity contribution in [1.82, 2.24) is 5.32 Å². The van der Waals surface area contributed by atoms with E-state index in [0.717, 1.165) is 10.4 Å². The zero-order valence-electron chi connectivity index (χ0n) is 10.5. The molecule has 0 radical (unpaired) electrons. The summed E-state index contributed by atoms with van der Waals surface area (Å²) < 4.78 is 0. The second-order valence-electron chi connectivity index (χ2n) is 4.36. The van der Waals surface area contributed by atoms with Crippen LogP contribution in [0.15, 0.2) is 40.4 Å². The SMILES string of the molecule is C[C@@](O)(CNC(=O)/C=C/c1ccsc1)c1cccs1. The van der Waals surface area contributed by atoms with Gasteiger partial charge in [0, 0.05) is 11.0 Å². The second-order valence-corrected chi connectivity index (χ2v) is 6.09. The first kappa shape index (κ1) is 14.0. The Balaban J connectivity index is 1.87. The van der Waals surface area contributed by atoms with Crippen LogP contribution in [0.1, 0.15) is 17.4 Å². The van der Waals surface area contributed by atoms with Gasteiger partial charge in [-0.15, -0.1) is 11.3 Å². The molecule has 100 valence electrons. The standard InChI is InChI=1S/C14H15NO2S2/c1-14(17,12-3-2-7-19-12)10-15-13(16)5-4-11-6-8-18-9-11/h2-9,17H,10H2,1H3,(H,15,16)/b5-4+/t14-/m1/s1. The minimum atomic E-state index is -1.03. The van der Waals surface area contributed by atoms with Crippen molar-refractivity contribution in [1.29, 1.82) is 0 Å². The number of carbonyl (C=O) groups is 1. The fourth-order valence-corrected chi connectivity index (χ4v) is 2.95. The minimum Gasteiger partial charge on any atom is -0.383 e. The zero-order valence-corrected chi connectivity index (χ0v) is 12.1. The Hall–Kier alpha value is -1.43. The molecule has 2 aromatic heterocycles. The van der Waals surface area contributed by atoms with Gasteiger partial charge >= 0.3 is 0 Å². The number of hydrogen-bond acceptors (Lipinski definition) is 4. The van der Waals surface area contributed by atoms with Crippen LogP contribution < -0.4 is 5.32 Å². The van der Waals surface area contributed by atoms with E-state index < -0.39 is 5.60 Å². The van der Waals surface area contributed by atoms with Crippen LogP contribution >= 0.6 is 22.7 Å². The molecule has 0 saturated heterocycles. The summed E-state index contributed by atoms with van der Waals surface area (Å²) in [6.45, 7) is 1.89. The molecule has 19 heavy (non-hydrogen) atoms. The molecule has 5 heteroatoms. The normalized spacial score (nSPS) is 14.4.